The van der Waals surface area contributed by atoms with Gasteiger partial charge in [0.2, 0.25) is 6.23 Å². The zero-order valence-electron chi connectivity index (χ0n) is 25.4. The summed E-state index contributed by atoms with van der Waals surface area (Å²) in [4.78, 5) is 36.9. The van der Waals surface area contributed by atoms with Crippen molar-refractivity contribution in [3.63, 3.8) is 0 Å². The number of ether oxygens (including phenoxy) is 2. The van der Waals surface area contributed by atoms with Crippen LogP contribution in [0.1, 0.15) is 53.4 Å². The lowest BCUT2D eigenvalue weighted by Gasteiger charge is -2.26. The Kier molecular flexibility index (Phi) is 12.1. The van der Waals surface area contributed by atoms with Crippen molar-refractivity contribution in [2.45, 2.75) is 46.6 Å². The molecule has 1 unspecified atom stereocenters. The number of amides is 2. The van der Waals surface area contributed by atoms with Gasteiger partial charge in [0.1, 0.15) is 11.6 Å². The molecule has 1 heterocycles. The molecule has 2 amide bonds. The molecule has 234 valence electrons. The van der Waals surface area contributed by atoms with E-state index in [-0.39, 0.29) is 31.4 Å². The number of fused-ring (bicyclic) bond motifs is 1. The minimum atomic E-state index is -1.09. The number of carboxylic acid groups (broad SMARTS) is 1. The molecule has 7 N–H and O–H groups in total. The number of rotatable bonds is 13. The maximum absolute atomic E-state index is 13.4. The Balaban J connectivity index is 0.00000124. The van der Waals surface area contributed by atoms with Gasteiger partial charge in [0.05, 0.1) is 7.11 Å². The van der Waals surface area contributed by atoms with Gasteiger partial charge >= 0.3 is 0 Å². The van der Waals surface area contributed by atoms with Crippen LogP contribution >= 0.6 is 0 Å². The SMILES string of the molecule is CC(=O)O.CCNc1ccccc1CNc1cc(C(=N)N)ccc1CNC(=O)C(OCC)N1Cc2cc(OC)ccc2C1=O. The molecule has 1 aliphatic rings. The lowest BCUT2D eigenvalue weighted by atomic mass is 10.1. The van der Waals surface area contributed by atoms with Crippen LogP contribution in [0.25, 0.3) is 0 Å². The summed E-state index contributed by atoms with van der Waals surface area (Å²) in [5, 5.41) is 25.0. The summed E-state index contributed by atoms with van der Waals surface area (Å²) in [6, 6.07) is 18.6. The van der Waals surface area contributed by atoms with Gasteiger partial charge in [0, 0.05) is 62.2 Å². The minimum Gasteiger partial charge on any atom is -0.497 e. The molecule has 12 heteroatoms. The van der Waals surface area contributed by atoms with Crippen molar-refractivity contribution < 1.29 is 29.0 Å². The Bertz CT molecular complexity index is 1490. The summed E-state index contributed by atoms with van der Waals surface area (Å²) in [7, 11) is 1.57. The number of nitrogens with zero attached hydrogens (tertiary/aromatic N) is 1. The van der Waals surface area contributed by atoms with Gasteiger partial charge in [-0.05, 0) is 60.9 Å². The van der Waals surface area contributed by atoms with E-state index in [0.717, 1.165) is 41.5 Å². The fraction of sp³-hybridized carbons (Fsp3) is 0.312. The van der Waals surface area contributed by atoms with Gasteiger partial charge in [-0.3, -0.25) is 19.8 Å². The molecule has 0 aliphatic carbocycles. The Morgan fingerprint density at radius 3 is 2.39 bits per heavy atom. The molecule has 1 aliphatic heterocycles. The average molecular weight is 605 g/mol. The van der Waals surface area contributed by atoms with Crippen molar-refractivity contribution in [2.24, 2.45) is 5.73 Å². The highest BCUT2D eigenvalue weighted by atomic mass is 16.5. The van der Waals surface area contributed by atoms with Crippen molar-refractivity contribution in [1.29, 1.82) is 5.41 Å². The third kappa shape index (κ3) is 8.71. The van der Waals surface area contributed by atoms with E-state index in [4.69, 9.17) is 30.5 Å². The number of amidine groups is 1. The predicted octanol–water partition coefficient (Wildman–Crippen LogP) is 3.75. The molecule has 4 rings (SSSR count). The number of para-hydroxylation sites is 1. The zero-order valence-corrected chi connectivity index (χ0v) is 25.4. The Morgan fingerprint density at radius 1 is 1.02 bits per heavy atom. The standard InChI is InChI=1S/C30H36N6O4.C2H4O2/c1-4-33-25-9-7-6-8-20(25)16-34-26-15-19(27(31)32)10-11-21(26)17-35-28(37)30(40-5-2)36-18-22-14-23(39-3)12-13-24(22)29(36)38;1-2(3)4/h6-15,30,33-34H,4-5,16-18H2,1-3H3,(H3,31,32)(H,35,37);1H3,(H,3,4). The largest absolute Gasteiger partial charge is 0.497 e. The summed E-state index contributed by atoms with van der Waals surface area (Å²) >= 11 is 0. The first-order valence-electron chi connectivity index (χ1n) is 14.2. The van der Waals surface area contributed by atoms with E-state index < -0.39 is 18.1 Å². The molecule has 0 saturated heterocycles. The van der Waals surface area contributed by atoms with Crippen LogP contribution in [0.5, 0.6) is 5.75 Å². The maximum atomic E-state index is 13.4. The van der Waals surface area contributed by atoms with E-state index in [2.05, 4.69) is 16.0 Å². The molecular formula is C32H40N6O6. The first kappa shape index (κ1) is 33.4. The molecular weight excluding hydrogens is 564 g/mol. The van der Waals surface area contributed by atoms with Gasteiger partial charge in [-0.1, -0.05) is 30.3 Å². The van der Waals surface area contributed by atoms with E-state index in [1.54, 1.807) is 44.4 Å². The normalized spacial score (nSPS) is 12.4. The topological polar surface area (TPSA) is 179 Å². The predicted molar refractivity (Wildman–Crippen MR) is 169 cm³/mol. The van der Waals surface area contributed by atoms with Crippen LogP contribution in [-0.2, 0) is 34.0 Å². The third-order valence-electron chi connectivity index (χ3n) is 6.70. The number of nitrogen functional groups attached to an aromatic ring is 1. The van der Waals surface area contributed by atoms with Crippen LogP contribution < -0.4 is 26.4 Å². The van der Waals surface area contributed by atoms with Gasteiger partial charge in [0.25, 0.3) is 17.8 Å². The molecule has 44 heavy (non-hydrogen) atoms. The van der Waals surface area contributed by atoms with E-state index in [9.17, 15) is 9.59 Å². The van der Waals surface area contributed by atoms with Crippen molar-refractivity contribution in [2.75, 3.05) is 30.9 Å². The van der Waals surface area contributed by atoms with Crippen LogP contribution in [0.4, 0.5) is 11.4 Å². The lowest BCUT2D eigenvalue weighted by Crippen LogP contribution is -2.48. The monoisotopic (exact) mass is 604 g/mol. The number of hydrogen-bond acceptors (Lipinski definition) is 8. The van der Waals surface area contributed by atoms with Gasteiger partial charge in [-0.25, -0.2) is 0 Å². The highest BCUT2D eigenvalue weighted by Gasteiger charge is 2.37. The van der Waals surface area contributed by atoms with E-state index in [1.807, 2.05) is 37.3 Å². The summed E-state index contributed by atoms with van der Waals surface area (Å²) in [6.45, 7) is 6.92. The van der Waals surface area contributed by atoms with Gasteiger partial charge in [-0.2, -0.15) is 0 Å². The Hall–Kier alpha value is -5.10. The third-order valence-corrected chi connectivity index (χ3v) is 6.70. The molecule has 0 bridgehead atoms. The number of carbonyl (C=O) groups excluding carboxylic acids is 2. The number of nitrogens with two attached hydrogens (primary N) is 1. The van der Waals surface area contributed by atoms with E-state index in [1.165, 1.54) is 4.90 Å². The molecule has 12 nitrogen and oxygen atoms in total. The van der Waals surface area contributed by atoms with E-state index in [0.29, 0.717) is 23.4 Å². The average Bonchev–Trinajstić information content (AvgIpc) is 3.33. The van der Waals surface area contributed by atoms with Crippen molar-refractivity contribution in [3.8, 4) is 5.75 Å². The molecule has 0 aromatic heterocycles. The fourth-order valence-corrected chi connectivity index (χ4v) is 4.66. The fourth-order valence-electron chi connectivity index (χ4n) is 4.66. The first-order chi connectivity index (χ1) is 21.1. The zero-order chi connectivity index (χ0) is 32.2. The number of carbonyl (C=O) groups is 3. The summed E-state index contributed by atoms with van der Waals surface area (Å²) in [6.07, 6.45) is -1.09. The summed E-state index contributed by atoms with van der Waals surface area (Å²) in [5.41, 5.74) is 11.3. The van der Waals surface area contributed by atoms with Crippen LogP contribution in [0.2, 0.25) is 0 Å². The summed E-state index contributed by atoms with van der Waals surface area (Å²) in [5.74, 6) is -0.924. The highest BCUT2D eigenvalue weighted by Crippen LogP contribution is 2.29. The Labute approximate surface area is 257 Å². The second-order valence-corrected chi connectivity index (χ2v) is 9.83. The van der Waals surface area contributed by atoms with Crippen LogP contribution in [-0.4, -0.2) is 60.1 Å². The number of aliphatic carboxylic acids is 1. The minimum absolute atomic E-state index is 0.0492. The molecule has 1 atom stereocenters. The number of hydrogen-bond donors (Lipinski definition) is 6. The molecule has 3 aromatic carbocycles. The Morgan fingerprint density at radius 2 is 1.73 bits per heavy atom. The van der Waals surface area contributed by atoms with Gasteiger partial charge < -0.3 is 41.2 Å². The quantitative estimate of drug-likeness (QED) is 0.125. The number of anilines is 2. The van der Waals surface area contributed by atoms with Crippen LogP contribution in [0, 0.1) is 5.41 Å². The van der Waals surface area contributed by atoms with Crippen LogP contribution in [0.15, 0.2) is 60.7 Å². The maximum Gasteiger partial charge on any atom is 0.300 e. The molecule has 0 fully saturated rings. The molecule has 3 aromatic rings. The summed E-state index contributed by atoms with van der Waals surface area (Å²) < 4.78 is 11.0. The molecule has 0 spiro atoms. The van der Waals surface area contributed by atoms with Crippen molar-refractivity contribution in [1.82, 2.24) is 10.2 Å². The second kappa shape index (κ2) is 15.9. The van der Waals surface area contributed by atoms with Crippen molar-refractivity contribution in [3.05, 3.63) is 88.5 Å². The van der Waals surface area contributed by atoms with Gasteiger partial charge in [0.15, 0.2) is 0 Å². The smallest absolute Gasteiger partial charge is 0.300 e. The van der Waals surface area contributed by atoms with Gasteiger partial charge in [-0.15, -0.1) is 0 Å². The molecule has 0 radical (unpaired) electrons. The number of benzene rings is 3. The number of carboxylic acids is 1. The molecule has 0 saturated carbocycles. The first-order valence-corrected chi connectivity index (χ1v) is 14.2. The van der Waals surface area contributed by atoms with Crippen molar-refractivity contribution >= 4 is 35.0 Å². The second-order valence-electron chi connectivity index (χ2n) is 9.83. The highest BCUT2D eigenvalue weighted by molar-refractivity contribution is 6.01. The lowest BCUT2D eigenvalue weighted by molar-refractivity contribution is -0.143. The number of methoxy groups -OCH3 is 1. The van der Waals surface area contributed by atoms with E-state index >= 15 is 0 Å². The number of nitrogens with one attached hydrogen (secondary N) is 4. The van der Waals surface area contributed by atoms with Crippen LogP contribution in [0.3, 0.4) is 0 Å².